The third-order valence-electron chi connectivity index (χ3n) is 5.74. The van der Waals surface area contributed by atoms with Gasteiger partial charge < -0.3 is 9.13 Å². The van der Waals surface area contributed by atoms with Crippen molar-refractivity contribution in [2.45, 2.75) is 25.4 Å². The van der Waals surface area contributed by atoms with E-state index in [1.54, 1.807) is 18.6 Å². The number of nitrogens with zero attached hydrogens (tertiary/aromatic N) is 6. The summed E-state index contributed by atoms with van der Waals surface area (Å²) >= 11 is 0. The van der Waals surface area contributed by atoms with Crippen LogP contribution in [0.4, 0.5) is 0 Å². The molecule has 0 unspecified atom stereocenters. The maximum atomic E-state index is 13.1. The van der Waals surface area contributed by atoms with Gasteiger partial charge in [-0.25, -0.2) is 4.98 Å². The van der Waals surface area contributed by atoms with Gasteiger partial charge in [-0.1, -0.05) is 0 Å². The number of fused-ring (bicyclic) bond motifs is 4. The lowest BCUT2D eigenvalue weighted by molar-refractivity contribution is 0.113. The van der Waals surface area contributed by atoms with Crippen LogP contribution in [0.3, 0.4) is 0 Å². The molecule has 138 valence electrons. The summed E-state index contributed by atoms with van der Waals surface area (Å²) in [5.74, 6) is 1.61. The normalized spacial score (nSPS) is 21.8. The molecule has 0 radical (unpaired) electrons. The molecule has 0 spiro atoms. The van der Waals surface area contributed by atoms with Crippen molar-refractivity contribution < 1.29 is 0 Å². The van der Waals surface area contributed by atoms with Gasteiger partial charge in [0.2, 0.25) is 0 Å². The number of aryl methyl sites for hydroxylation is 1. The quantitative estimate of drug-likeness (QED) is 0.709. The van der Waals surface area contributed by atoms with Crippen molar-refractivity contribution in [3.63, 3.8) is 0 Å². The van der Waals surface area contributed by atoms with Crippen LogP contribution in [0.5, 0.6) is 0 Å². The predicted molar refractivity (Wildman–Crippen MR) is 101 cm³/mol. The van der Waals surface area contributed by atoms with Crippen LogP contribution in [0.15, 0.2) is 47.9 Å². The Morgan fingerprint density at radius 2 is 2.04 bits per heavy atom. The fourth-order valence-corrected chi connectivity index (χ4v) is 4.61. The van der Waals surface area contributed by atoms with Crippen molar-refractivity contribution in [3.8, 4) is 11.4 Å². The first-order chi connectivity index (χ1) is 13.2. The van der Waals surface area contributed by atoms with E-state index in [4.69, 9.17) is 0 Å². The van der Waals surface area contributed by atoms with E-state index in [0.29, 0.717) is 17.4 Å². The fourth-order valence-electron chi connectivity index (χ4n) is 4.61. The second kappa shape index (κ2) is 6.42. The van der Waals surface area contributed by atoms with Crippen LogP contribution in [0.1, 0.15) is 23.7 Å². The number of hydrogen-bond acceptors (Lipinski definition) is 5. The van der Waals surface area contributed by atoms with E-state index in [1.165, 1.54) is 0 Å². The molecule has 0 amide bonds. The first-order valence-electron chi connectivity index (χ1n) is 9.37. The fraction of sp³-hybridized carbons (Fsp3) is 0.400. The Bertz CT molecular complexity index is 1020. The zero-order chi connectivity index (χ0) is 18.4. The Balaban J connectivity index is 1.45. The molecular formula is C20H22N6O. The average Bonchev–Trinajstić information content (AvgIpc) is 3.09. The number of aromatic nitrogens is 5. The van der Waals surface area contributed by atoms with Crippen molar-refractivity contribution in [2.75, 3.05) is 13.1 Å². The topological polar surface area (TPSA) is 68.8 Å². The molecule has 3 aromatic heterocycles. The van der Waals surface area contributed by atoms with Crippen molar-refractivity contribution in [2.24, 2.45) is 13.0 Å². The molecule has 2 aliphatic rings. The minimum Gasteiger partial charge on any atom is -0.334 e. The van der Waals surface area contributed by atoms with E-state index in [1.807, 2.05) is 34.6 Å². The van der Waals surface area contributed by atoms with Crippen molar-refractivity contribution in [1.82, 2.24) is 29.0 Å². The largest absolute Gasteiger partial charge is 0.334 e. The Kier molecular flexibility index (Phi) is 3.89. The lowest BCUT2D eigenvalue weighted by Gasteiger charge is -2.42. The molecule has 27 heavy (non-hydrogen) atoms. The Hall–Kier alpha value is -2.80. The van der Waals surface area contributed by atoms with Crippen LogP contribution in [-0.2, 0) is 20.1 Å². The first-order valence-corrected chi connectivity index (χ1v) is 9.37. The van der Waals surface area contributed by atoms with Gasteiger partial charge in [0, 0.05) is 75.8 Å². The maximum Gasteiger partial charge on any atom is 0.261 e. The van der Waals surface area contributed by atoms with Gasteiger partial charge in [0.15, 0.2) is 0 Å². The number of hydrogen-bond donors (Lipinski definition) is 0. The van der Waals surface area contributed by atoms with Gasteiger partial charge in [-0.05, 0) is 24.5 Å². The lowest BCUT2D eigenvalue weighted by Crippen LogP contribution is -2.47. The molecule has 7 nitrogen and oxygen atoms in total. The van der Waals surface area contributed by atoms with E-state index in [0.717, 1.165) is 49.8 Å². The van der Waals surface area contributed by atoms with Crippen LogP contribution in [0.2, 0.25) is 0 Å². The highest BCUT2D eigenvalue weighted by molar-refractivity contribution is 5.54. The van der Waals surface area contributed by atoms with E-state index in [9.17, 15) is 4.79 Å². The Morgan fingerprint density at radius 3 is 2.81 bits per heavy atom. The summed E-state index contributed by atoms with van der Waals surface area (Å²) in [6, 6.07) is 4.07. The lowest BCUT2D eigenvalue weighted by atomic mass is 9.83. The highest BCUT2D eigenvalue weighted by atomic mass is 16.1. The van der Waals surface area contributed by atoms with Crippen LogP contribution >= 0.6 is 0 Å². The molecule has 3 aromatic rings. The molecule has 0 aliphatic carbocycles. The summed E-state index contributed by atoms with van der Waals surface area (Å²) in [5.41, 5.74) is 2.92. The molecule has 7 heteroatoms. The molecule has 5 heterocycles. The molecule has 0 saturated carbocycles. The standard InChI is InChI=1S/C20H22N6O/c1-24-7-6-23-19(24)17-2-3-18-15-8-14(11-26(18)20(17)27)10-25(12-15)13-16-9-21-4-5-22-16/h2-7,9,14-15H,8,10-13H2,1H3/t14-,15+/m0/s1. The highest BCUT2D eigenvalue weighted by Gasteiger charge is 2.35. The Morgan fingerprint density at radius 1 is 1.11 bits per heavy atom. The zero-order valence-electron chi connectivity index (χ0n) is 15.3. The van der Waals surface area contributed by atoms with E-state index in [2.05, 4.69) is 25.9 Å². The SMILES string of the molecule is Cn1ccnc1-c1ccc2n(c1=O)C[C@H]1C[C@@H]2CN(Cc2cnccn2)C1. The smallest absolute Gasteiger partial charge is 0.261 e. The summed E-state index contributed by atoms with van der Waals surface area (Å²) in [5, 5.41) is 0. The van der Waals surface area contributed by atoms with Crippen LogP contribution < -0.4 is 5.56 Å². The van der Waals surface area contributed by atoms with Crippen LogP contribution in [-0.4, -0.2) is 42.1 Å². The molecule has 1 saturated heterocycles. The van der Waals surface area contributed by atoms with Gasteiger partial charge in [0.05, 0.1) is 11.3 Å². The second-order valence-electron chi connectivity index (χ2n) is 7.64. The summed E-state index contributed by atoms with van der Waals surface area (Å²) in [6.45, 7) is 3.54. The molecule has 2 atom stereocenters. The zero-order valence-corrected chi connectivity index (χ0v) is 15.3. The third-order valence-corrected chi connectivity index (χ3v) is 5.74. The maximum absolute atomic E-state index is 13.1. The van der Waals surface area contributed by atoms with Gasteiger partial charge in [-0.15, -0.1) is 0 Å². The monoisotopic (exact) mass is 362 g/mol. The van der Waals surface area contributed by atoms with Gasteiger partial charge >= 0.3 is 0 Å². The van der Waals surface area contributed by atoms with Crippen LogP contribution in [0, 0.1) is 5.92 Å². The van der Waals surface area contributed by atoms with Crippen molar-refractivity contribution in [3.05, 3.63) is 64.9 Å². The molecular weight excluding hydrogens is 340 g/mol. The van der Waals surface area contributed by atoms with E-state index in [-0.39, 0.29) is 5.56 Å². The number of pyridine rings is 1. The minimum atomic E-state index is 0.0823. The molecule has 0 aromatic carbocycles. The minimum absolute atomic E-state index is 0.0823. The summed E-state index contributed by atoms with van der Waals surface area (Å²) in [4.78, 5) is 28.5. The molecule has 1 fully saturated rings. The average molecular weight is 362 g/mol. The number of imidazole rings is 1. The van der Waals surface area contributed by atoms with Gasteiger partial charge in [0.25, 0.3) is 5.56 Å². The summed E-state index contributed by atoms with van der Waals surface area (Å²) in [7, 11) is 1.92. The third kappa shape index (κ3) is 2.88. The van der Waals surface area contributed by atoms with E-state index >= 15 is 0 Å². The Labute approximate surface area is 157 Å². The van der Waals surface area contributed by atoms with E-state index < -0.39 is 0 Å². The molecule has 2 bridgehead atoms. The van der Waals surface area contributed by atoms with Gasteiger partial charge in [0.1, 0.15) is 5.82 Å². The van der Waals surface area contributed by atoms with Crippen LogP contribution in [0.25, 0.3) is 11.4 Å². The highest BCUT2D eigenvalue weighted by Crippen LogP contribution is 2.36. The summed E-state index contributed by atoms with van der Waals surface area (Å²) in [6.07, 6.45) is 10.0. The van der Waals surface area contributed by atoms with Crippen molar-refractivity contribution in [1.29, 1.82) is 0 Å². The molecule has 5 rings (SSSR count). The summed E-state index contributed by atoms with van der Waals surface area (Å²) < 4.78 is 3.89. The van der Waals surface area contributed by atoms with Gasteiger partial charge in [-0.3, -0.25) is 19.7 Å². The first kappa shape index (κ1) is 16.4. The van der Waals surface area contributed by atoms with Gasteiger partial charge in [-0.2, -0.15) is 0 Å². The number of likely N-dealkylation sites (tertiary alicyclic amines) is 1. The molecule has 2 aliphatic heterocycles. The number of piperidine rings is 1. The predicted octanol–water partition coefficient (Wildman–Crippen LogP) is 1.66. The van der Waals surface area contributed by atoms with Crippen molar-refractivity contribution >= 4 is 0 Å². The molecule has 0 N–H and O–H groups in total. The number of rotatable bonds is 3. The second-order valence-corrected chi connectivity index (χ2v) is 7.64.